The molecule has 1 aliphatic rings. The zero-order valence-electron chi connectivity index (χ0n) is 17.3. The molecular weight excluding hydrogens is 388 g/mol. The number of nitrogens with zero attached hydrogens (tertiary/aromatic N) is 3. The number of pyridine rings is 1. The standard InChI is InChI=1S/C25H22N4O2/c1-16-27-22(31-29-16)13-14-26-25(30)23-19-9-5-6-10-21(19)28-24-18(11-12-20(23)24)15-17-7-3-2-4-8-17/h2-10,15H,11-14H2,1H3,(H,26,30)/b18-15-. The second-order valence-electron chi connectivity index (χ2n) is 7.65. The van der Waals surface area contributed by atoms with E-state index < -0.39 is 0 Å². The van der Waals surface area contributed by atoms with Gasteiger partial charge in [-0.25, -0.2) is 4.98 Å². The number of carbonyl (C=O) groups excluding carboxylic acids is 1. The van der Waals surface area contributed by atoms with Gasteiger partial charge in [0, 0.05) is 18.4 Å². The molecule has 0 bridgehead atoms. The van der Waals surface area contributed by atoms with Gasteiger partial charge in [-0.1, -0.05) is 53.7 Å². The molecular formula is C25H22N4O2. The molecule has 1 aliphatic carbocycles. The number of carbonyl (C=O) groups is 1. The summed E-state index contributed by atoms with van der Waals surface area (Å²) in [5.74, 6) is 1.03. The van der Waals surface area contributed by atoms with Gasteiger partial charge in [0.05, 0.1) is 16.8 Å². The van der Waals surface area contributed by atoms with E-state index in [1.807, 2.05) is 42.5 Å². The highest BCUT2D eigenvalue weighted by atomic mass is 16.5. The molecule has 6 heteroatoms. The highest BCUT2D eigenvalue weighted by molar-refractivity contribution is 6.09. The Kier molecular flexibility index (Phi) is 5.04. The van der Waals surface area contributed by atoms with Crippen LogP contribution in [0.15, 0.2) is 59.1 Å². The molecule has 0 spiro atoms. The fourth-order valence-corrected chi connectivity index (χ4v) is 4.10. The van der Waals surface area contributed by atoms with Crippen LogP contribution in [0.2, 0.25) is 0 Å². The summed E-state index contributed by atoms with van der Waals surface area (Å²) in [5.41, 5.74) is 5.81. The van der Waals surface area contributed by atoms with Crippen molar-refractivity contribution in [3.05, 3.63) is 88.7 Å². The summed E-state index contributed by atoms with van der Waals surface area (Å²) in [6, 6.07) is 18.1. The van der Waals surface area contributed by atoms with E-state index in [0.717, 1.165) is 46.1 Å². The molecule has 4 aromatic rings. The van der Waals surface area contributed by atoms with Crippen LogP contribution in [0.4, 0.5) is 0 Å². The molecule has 2 heterocycles. The molecule has 1 N–H and O–H groups in total. The van der Waals surface area contributed by atoms with Crippen molar-refractivity contribution in [2.45, 2.75) is 26.2 Å². The fourth-order valence-electron chi connectivity index (χ4n) is 4.10. The summed E-state index contributed by atoms with van der Waals surface area (Å²) in [6.45, 7) is 2.21. The van der Waals surface area contributed by atoms with Gasteiger partial charge in [-0.15, -0.1) is 0 Å². The maximum absolute atomic E-state index is 13.3. The van der Waals surface area contributed by atoms with Gasteiger partial charge in [-0.3, -0.25) is 4.79 Å². The smallest absolute Gasteiger partial charge is 0.252 e. The highest BCUT2D eigenvalue weighted by Gasteiger charge is 2.26. The number of hydrogen-bond donors (Lipinski definition) is 1. The largest absolute Gasteiger partial charge is 0.351 e. The lowest BCUT2D eigenvalue weighted by Gasteiger charge is -2.12. The molecule has 154 valence electrons. The first-order chi connectivity index (χ1) is 15.2. The predicted octanol–water partition coefficient (Wildman–Crippen LogP) is 4.39. The Hall–Kier alpha value is -3.80. The molecule has 0 saturated heterocycles. The Bertz CT molecular complexity index is 1290. The van der Waals surface area contributed by atoms with E-state index in [1.165, 1.54) is 5.57 Å². The minimum atomic E-state index is -0.0907. The zero-order chi connectivity index (χ0) is 21.2. The van der Waals surface area contributed by atoms with Crippen LogP contribution in [0.25, 0.3) is 22.6 Å². The maximum atomic E-state index is 13.3. The van der Waals surface area contributed by atoms with E-state index in [-0.39, 0.29) is 5.91 Å². The number of fused-ring (bicyclic) bond motifs is 2. The van der Waals surface area contributed by atoms with Gasteiger partial charge in [0.2, 0.25) is 5.89 Å². The van der Waals surface area contributed by atoms with E-state index in [9.17, 15) is 4.79 Å². The van der Waals surface area contributed by atoms with Gasteiger partial charge in [0.1, 0.15) is 0 Å². The van der Waals surface area contributed by atoms with Crippen LogP contribution in [-0.2, 0) is 12.8 Å². The molecule has 0 radical (unpaired) electrons. The number of allylic oxidation sites excluding steroid dienone is 1. The Morgan fingerprint density at radius 3 is 2.68 bits per heavy atom. The topological polar surface area (TPSA) is 80.9 Å². The lowest BCUT2D eigenvalue weighted by atomic mass is 10.00. The lowest BCUT2D eigenvalue weighted by Crippen LogP contribution is -2.27. The highest BCUT2D eigenvalue weighted by Crippen LogP contribution is 2.37. The van der Waals surface area contributed by atoms with Crippen LogP contribution in [-0.4, -0.2) is 27.6 Å². The normalized spacial score (nSPS) is 14.2. The van der Waals surface area contributed by atoms with E-state index in [1.54, 1.807) is 6.92 Å². The molecule has 6 nitrogen and oxygen atoms in total. The average molecular weight is 410 g/mol. The third kappa shape index (κ3) is 3.84. The van der Waals surface area contributed by atoms with Crippen molar-refractivity contribution >= 4 is 28.5 Å². The lowest BCUT2D eigenvalue weighted by molar-refractivity contribution is 0.0954. The molecule has 2 aromatic carbocycles. The Morgan fingerprint density at radius 1 is 1.06 bits per heavy atom. The second kappa shape index (κ2) is 8.14. The van der Waals surface area contributed by atoms with Crippen LogP contribution in [0.3, 0.4) is 0 Å². The molecule has 0 fully saturated rings. The number of para-hydroxylation sites is 1. The van der Waals surface area contributed by atoms with Gasteiger partial charge in [-0.05, 0) is 48.6 Å². The first kappa shape index (κ1) is 19.2. The third-order valence-electron chi connectivity index (χ3n) is 5.50. The number of aryl methyl sites for hydroxylation is 1. The Balaban J connectivity index is 1.49. The minimum Gasteiger partial charge on any atom is -0.351 e. The van der Waals surface area contributed by atoms with Gasteiger partial charge in [0.15, 0.2) is 5.82 Å². The minimum absolute atomic E-state index is 0.0907. The van der Waals surface area contributed by atoms with Crippen molar-refractivity contribution in [1.29, 1.82) is 0 Å². The van der Waals surface area contributed by atoms with Gasteiger partial charge >= 0.3 is 0 Å². The van der Waals surface area contributed by atoms with Crippen LogP contribution in [0.1, 0.15) is 45.3 Å². The Morgan fingerprint density at radius 2 is 1.87 bits per heavy atom. The van der Waals surface area contributed by atoms with Crippen molar-refractivity contribution < 1.29 is 9.32 Å². The molecule has 0 unspecified atom stereocenters. The predicted molar refractivity (Wildman–Crippen MR) is 119 cm³/mol. The quantitative estimate of drug-likeness (QED) is 0.528. The number of amides is 1. The monoisotopic (exact) mass is 410 g/mol. The summed E-state index contributed by atoms with van der Waals surface area (Å²) >= 11 is 0. The number of benzene rings is 2. The molecule has 0 saturated carbocycles. The Labute approximate surface area is 180 Å². The maximum Gasteiger partial charge on any atom is 0.252 e. The summed E-state index contributed by atoms with van der Waals surface area (Å²) in [7, 11) is 0. The second-order valence-corrected chi connectivity index (χ2v) is 7.65. The number of nitrogens with one attached hydrogen (secondary N) is 1. The van der Waals surface area contributed by atoms with Gasteiger partial charge < -0.3 is 9.84 Å². The van der Waals surface area contributed by atoms with Crippen molar-refractivity contribution in [3.63, 3.8) is 0 Å². The zero-order valence-corrected chi connectivity index (χ0v) is 17.3. The van der Waals surface area contributed by atoms with Crippen molar-refractivity contribution in [2.75, 3.05) is 6.54 Å². The van der Waals surface area contributed by atoms with Crippen molar-refractivity contribution in [2.24, 2.45) is 0 Å². The summed E-state index contributed by atoms with van der Waals surface area (Å²) < 4.78 is 5.14. The van der Waals surface area contributed by atoms with Crippen LogP contribution in [0, 0.1) is 6.92 Å². The van der Waals surface area contributed by atoms with E-state index in [0.29, 0.717) is 24.7 Å². The first-order valence-electron chi connectivity index (χ1n) is 10.4. The van der Waals surface area contributed by atoms with Crippen LogP contribution >= 0.6 is 0 Å². The molecule has 1 amide bonds. The molecule has 0 atom stereocenters. The van der Waals surface area contributed by atoms with E-state index in [2.05, 4.69) is 33.7 Å². The summed E-state index contributed by atoms with van der Waals surface area (Å²) in [5, 5.41) is 7.70. The van der Waals surface area contributed by atoms with Gasteiger partial charge in [0.25, 0.3) is 5.91 Å². The van der Waals surface area contributed by atoms with Gasteiger partial charge in [-0.2, -0.15) is 4.98 Å². The summed E-state index contributed by atoms with van der Waals surface area (Å²) in [6.07, 6.45) is 4.34. The van der Waals surface area contributed by atoms with Crippen LogP contribution in [0.5, 0.6) is 0 Å². The van der Waals surface area contributed by atoms with Crippen LogP contribution < -0.4 is 5.32 Å². The van der Waals surface area contributed by atoms with Crippen molar-refractivity contribution in [3.8, 4) is 0 Å². The molecule has 0 aliphatic heterocycles. The third-order valence-corrected chi connectivity index (χ3v) is 5.50. The first-order valence-corrected chi connectivity index (χ1v) is 10.4. The van der Waals surface area contributed by atoms with Crippen molar-refractivity contribution in [1.82, 2.24) is 20.4 Å². The summed E-state index contributed by atoms with van der Waals surface area (Å²) in [4.78, 5) is 22.4. The van der Waals surface area contributed by atoms with E-state index in [4.69, 9.17) is 9.51 Å². The molecule has 2 aromatic heterocycles. The molecule has 5 rings (SSSR count). The number of aromatic nitrogens is 3. The van der Waals surface area contributed by atoms with E-state index >= 15 is 0 Å². The number of hydrogen-bond acceptors (Lipinski definition) is 5. The SMILES string of the molecule is Cc1noc(CCNC(=O)c2c3c(nc4ccccc24)/C(=C\c2ccccc2)CC3)n1. The molecule has 31 heavy (non-hydrogen) atoms. The number of rotatable bonds is 5. The average Bonchev–Trinajstić information content (AvgIpc) is 3.38. The fraction of sp³-hybridized carbons (Fsp3) is 0.200.